The molecule has 4 saturated heterocycles. The molecule has 6 N–H and O–H groups in total. The molecule has 1 aliphatic carbocycles. The number of carbonyl (C=O) groups is 6. The summed E-state index contributed by atoms with van der Waals surface area (Å²) in [7, 11) is 1.84. The molecule has 6 aliphatic heterocycles. The number of carbonyl (C=O) groups excluding carboxylic acids is 6. The highest BCUT2D eigenvalue weighted by Gasteiger charge is 2.47. The molecule has 2 aromatic rings. The smallest absolute Gasteiger partial charge is 0.320 e. The molecule has 1 unspecified atom stereocenters. The number of anilines is 2. The van der Waals surface area contributed by atoms with Crippen LogP contribution in [0.15, 0.2) is 59.0 Å². The normalized spacial score (nSPS) is 27.0. The Morgan fingerprint density at radius 3 is 2.38 bits per heavy atom. The maximum atomic E-state index is 13.6. The van der Waals surface area contributed by atoms with E-state index in [0.717, 1.165) is 87.7 Å². The third-order valence-corrected chi connectivity index (χ3v) is 13.8. The summed E-state index contributed by atoms with van der Waals surface area (Å²) < 4.78 is 0. The summed E-state index contributed by atoms with van der Waals surface area (Å²) in [4.78, 5) is 90.6. The monoisotopic (exact) mass is 819 g/mol. The van der Waals surface area contributed by atoms with Crippen molar-refractivity contribution in [2.45, 2.75) is 87.9 Å². The number of piperidine rings is 3. The van der Waals surface area contributed by atoms with E-state index >= 15 is 0 Å². The lowest BCUT2D eigenvalue weighted by molar-refractivity contribution is -0.136. The molecule has 7 aliphatic rings. The number of amidine groups is 1. The van der Waals surface area contributed by atoms with Gasteiger partial charge in [0.15, 0.2) is 5.82 Å². The number of likely N-dealkylation sites (tertiary alicyclic amines) is 2. The van der Waals surface area contributed by atoms with Crippen molar-refractivity contribution in [2.24, 2.45) is 10.7 Å². The highest BCUT2D eigenvalue weighted by atomic mass is 16.2. The van der Waals surface area contributed by atoms with Crippen molar-refractivity contribution in [3.8, 4) is 0 Å². The second kappa shape index (κ2) is 15.6. The Labute approximate surface area is 348 Å². The van der Waals surface area contributed by atoms with Crippen LogP contribution >= 0.6 is 0 Å². The number of rotatable bonds is 9. The van der Waals surface area contributed by atoms with Crippen LogP contribution in [0.1, 0.15) is 84.6 Å². The highest BCUT2D eigenvalue weighted by Crippen LogP contribution is 2.40. The van der Waals surface area contributed by atoms with E-state index in [0.29, 0.717) is 36.2 Å². The van der Waals surface area contributed by atoms with Crippen molar-refractivity contribution in [1.82, 2.24) is 35.1 Å². The van der Waals surface area contributed by atoms with E-state index in [1.165, 1.54) is 5.56 Å². The van der Waals surface area contributed by atoms with Crippen LogP contribution in [0.5, 0.6) is 0 Å². The number of likely N-dealkylation sites (N-methyl/N-ethyl adjacent to an activating group) is 1. The fourth-order valence-corrected chi connectivity index (χ4v) is 10.0. The Hall–Kier alpha value is -5.97. The van der Waals surface area contributed by atoms with Crippen molar-refractivity contribution in [2.75, 3.05) is 63.5 Å². The van der Waals surface area contributed by atoms with Crippen molar-refractivity contribution in [1.29, 1.82) is 0 Å². The van der Waals surface area contributed by atoms with Gasteiger partial charge in [-0.05, 0) is 93.3 Å². The van der Waals surface area contributed by atoms with E-state index in [-0.39, 0.29) is 47.6 Å². The number of hydrogen-bond donors (Lipinski definition) is 5. The lowest BCUT2D eigenvalue weighted by Crippen LogP contribution is -2.54. The maximum Gasteiger partial charge on any atom is 0.320 e. The average molecular weight is 820 g/mol. The quantitative estimate of drug-likeness (QED) is 0.232. The molecule has 0 radical (unpaired) electrons. The Kier molecular flexibility index (Phi) is 10.2. The summed E-state index contributed by atoms with van der Waals surface area (Å²) in [6, 6.07) is 13.3. The number of aliphatic imine (C=N–C) groups is 1. The first-order valence-corrected chi connectivity index (χ1v) is 21.2. The first-order valence-electron chi connectivity index (χ1n) is 21.2. The predicted octanol–water partition coefficient (Wildman–Crippen LogP) is 1.98. The van der Waals surface area contributed by atoms with Gasteiger partial charge in [0.2, 0.25) is 11.8 Å². The number of nitrogens with one attached hydrogen (secondary N) is 4. The summed E-state index contributed by atoms with van der Waals surface area (Å²) in [6.07, 6.45) is 5.92. The Bertz CT molecular complexity index is 2190. The fraction of sp³-hybridized carbons (Fsp3) is 0.512. The number of nitrogens with zero attached hydrogens (tertiary/aromatic N) is 6. The van der Waals surface area contributed by atoms with E-state index < -0.39 is 35.6 Å². The van der Waals surface area contributed by atoms with Gasteiger partial charge >= 0.3 is 6.03 Å². The molecule has 0 aromatic heterocycles. The summed E-state index contributed by atoms with van der Waals surface area (Å²) in [5, 5.41) is 12.3. The second-order valence-corrected chi connectivity index (χ2v) is 17.5. The van der Waals surface area contributed by atoms with E-state index in [1.807, 2.05) is 30.1 Å². The lowest BCUT2D eigenvalue weighted by atomic mass is 9.73. The van der Waals surface area contributed by atoms with Crippen LogP contribution in [0.4, 0.5) is 16.2 Å². The third-order valence-electron chi connectivity index (χ3n) is 13.8. The van der Waals surface area contributed by atoms with Gasteiger partial charge in [0.25, 0.3) is 17.7 Å². The number of imide groups is 2. The molecule has 0 bridgehead atoms. The summed E-state index contributed by atoms with van der Waals surface area (Å²) >= 11 is 0. The first kappa shape index (κ1) is 39.5. The van der Waals surface area contributed by atoms with Gasteiger partial charge in [0.05, 0.1) is 23.7 Å². The van der Waals surface area contributed by atoms with Crippen LogP contribution in [-0.4, -0.2) is 143 Å². The van der Waals surface area contributed by atoms with Crippen LogP contribution in [0, 0.1) is 0 Å². The number of benzene rings is 2. The Balaban J connectivity index is 0.786. The standard InChI is InChI=1S/C43H53N11O6/c1-43(25-8-10-26(11-9-25)47-38-36(37(44)56)45-23-33(48-38)52-16-4-5-28(24-52)53-20-19-50(2)42(53)60)14-17-51(18-15-43)29-21-27(22-29)46-31-7-3-6-30-35(31)41(59)54(40(30)58)32-12-13-34(55)49-39(32)57/h3,6-11,27-29,32,45-47H,4-5,12-24H2,1-2H3,(H2,44,56)(H,49,55,57)/t27?,28-,29?,32?/m0/s1. The molecule has 0 spiro atoms. The molecule has 5 fully saturated rings. The number of primary amides is 1. The van der Waals surface area contributed by atoms with Gasteiger partial charge < -0.3 is 41.3 Å². The van der Waals surface area contributed by atoms with Gasteiger partial charge in [-0.1, -0.05) is 25.1 Å². The SMILES string of the molecule is CN1CCN([C@H]2CCCN(C3=NC(Nc4ccc(C5(C)CCN(C6CC(Nc7cccc8c7C(=O)N(C7CCC(=O)NC7=O)C8=O)C6)CC5)cc4)=C(C(N)=O)NC3)C2)C1=O. The zero-order valence-corrected chi connectivity index (χ0v) is 34.2. The molecule has 7 amide bonds. The number of fused-ring (bicyclic) bond motifs is 1. The second-order valence-electron chi connectivity index (χ2n) is 17.5. The zero-order valence-electron chi connectivity index (χ0n) is 34.2. The topological polar surface area (TPSA) is 205 Å². The van der Waals surface area contributed by atoms with Crippen molar-refractivity contribution < 1.29 is 28.8 Å². The minimum absolute atomic E-state index is 0.00593. The Morgan fingerprint density at radius 1 is 0.917 bits per heavy atom. The van der Waals surface area contributed by atoms with Crippen LogP contribution in [0.2, 0.25) is 0 Å². The number of amides is 7. The minimum Gasteiger partial charge on any atom is -0.382 e. The van der Waals surface area contributed by atoms with Crippen LogP contribution in [-0.2, 0) is 19.8 Å². The molecule has 17 heteroatoms. The molecular weight excluding hydrogens is 767 g/mol. The number of hydrogen-bond acceptors (Lipinski definition) is 12. The Morgan fingerprint density at radius 2 is 1.68 bits per heavy atom. The summed E-state index contributed by atoms with van der Waals surface area (Å²) in [6.45, 7) is 7.60. The van der Waals surface area contributed by atoms with Gasteiger partial charge in [0, 0.05) is 63.1 Å². The molecule has 60 heavy (non-hydrogen) atoms. The van der Waals surface area contributed by atoms with Gasteiger partial charge in [-0.2, -0.15) is 0 Å². The van der Waals surface area contributed by atoms with Crippen LogP contribution < -0.4 is 27.0 Å². The van der Waals surface area contributed by atoms with Crippen molar-refractivity contribution >= 4 is 52.8 Å². The molecular formula is C43H53N11O6. The molecule has 17 nitrogen and oxygen atoms in total. The molecule has 1 saturated carbocycles. The fourth-order valence-electron chi connectivity index (χ4n) is 10.0. The summed E-state index contributed by atoms with van der Waals surface area (Å²) in [5.41, 5.74) is 9.23. The van der Waals surface area contributed by atoms with Gasteiger partial charge in [-0.25, -0.2) is 9.79 Å². The zero-order chi connectivity index (χ0) is 41.9. The highest BCUT2D eigenvalue weighted by molar-refractivity contribution is 6.25. The number of nitrogens with two attached hydrogens (primary N) is 1. The molecule has 2 aromatic carbocycles. The average Bonchev–Trinajstić information content (AvgIpc) is 3.70. The molecule has 6 heterocycles. The third kappa shape index (κ3) is 7.22. The predicted molar refractivity (Wildman–Crippen MR) is 223 cm³/mol. The lowest BCUT2D eigenvalue weighted by Gasteiger charge is -2.48. The van der Waals surface area contributed by atoms with E-state index in [9.17, 15) is 28.8 Å². The molecule has 9 rings (SSSR count). The van der Waals surface area contributed by atoms with E-state index in [1.54, 1.807) is 17.0 Å². The van der Waals surface area contributed by atoms with Crippen molar-refractivity contribution in [3.63, 3.8) is 0 Å². The molecule has 2 atom stereocenters. The van der Waals surface area contributed by atoms with Crippen LogP contribution in [0.3, 0.4) is 0 Å². The number of urea groups is 1. The molecule has 316 valence electrons. The van der Waals surface area contributed by atoms with Crippen LogP contribution in [0.25, 0.3) is 0 Å². The maximum absolute atomic E-state index is 13.6. The van der Waals surface area contributed by atoms with Crippen molar-refractivity contribution in [3.05, 3.63) is 70.7 Å². The van der Waals surface area contributed by atoms with E-state index in [2.05, 4.69) is 50.1 Å². The van der Waals surface area contributed by atoms with E-state index in [4.69, 9.17) is 10.7 Å². The summed E-state index contributed by atoms with van der Waals surface area (Å²) in [5.74, 6) is -1.41. The first-order chi connectivity index (χ1) is 28.9. The van der Waals surface area contributed by atoms with Gasteiger partial charge in [-0.15, -0.1) is 0 Å². The minimum atomic E-state index is -0.996. The largest absolute Gasteiger partial charge is 0.382 e. The van der Waals surface area contributed by atoms with Gasteiger partial charge in [-0.3, -0.25) is 34.2 Å². The van der Waals surface area contributed by atoms with Gasteiger partial charge in [0.1, 0.15) is 17.6 Å².